The summed E-state index contributed by atoms with van der Waals surface area (Å²) in [5, 5.41) is 4.73. The summed E-state index contributed by atoms with van der Waals surface area (Å²) < 4.78 is 11.3. The average Bonchev–Trinajstić information content (AvgIpc) is 3.19. The molecule has 0 aliphatic heterocycles. The molecule has 0 bridgehead atoms. The van der Waals surface area contributed by atoms with Crippen molar-refractivity contribution in [1.29, 1.82) is 0 Å². The quantitative estimate of drug-likeness (QED) is 0.824. The molecule has 2 aromatic rings. The molecule has 1 heterocycles. The Balaban J connectivity index is 1.67. The number of benzene rings is 1. The van der Waals surface area contributed by atoms with Crippen LogP contribution in [0.5, 0.6) is 5.75 Å². The lowest BCUT2D eigenvalue weighted by Crippen LogP contribution is -2.28. The molecule has 0 saturated heterocycles. The summed E-state index contributed by atoms with van der Waals surface area (Å²) in [5.41, 5.74) is 0.849. The fourth-order valence-corrected chi connectivity index (χ4v) is 2.73. The Bertz CT molecular complexity index is 571. The van der Waals surface area contributed by atoms with Gasteiger partial charge in [0.1, 0.15) is 5.76 Å². The third-order valence-corrected chi connectivity index (χ3v) is 4.15. The largest absolute Gasteiger partial charge is 0.493 e. The monoisotopic (exact) mass is 273 g/mol. The number of ether oxygens (including phenoxy) is 1. The van der Waals surface area contributed by atoms with Crippen LogP contribution in [0.4, 0.5) is 0 Å². The zero-order chi connectivity index (χ0) is 13.9. The Morgan fingerprint density at radius 3 is 2.95 bits per heavy atom. The van der Waals surface area contributed by atoms with Crippen molar-refractivity contribution in [3.05, 3.63) is 30.0 Å². The van der Waals surface area contributed by atoms with Crippen LogP contribution in [0, 0.1) is 5.92 Å². The van der Waals surface area contributed by atoms with Gasteiger partial charge in [0.05, 0.1) is 13.7 Å². The van der Waals surface area contributed by atoms with Gasteiger partial charge in [-0.3, -0.25) is 0 Å². The lowest BCUT2D eigenvalue weighted by molar-refractivity contribution is 0.397. The standard InChI is InChI=1S/C17H23NO2/c1-3-14(9-12-7-8-12)18-11-15-10-13-5-4-6-16(19-2)17(13)20-15/h4-6,10,12,14,18H,3,7-9,11H2,1-2H3. The van der Waals surface area contributed by atoms with Gasteiger partial charge in [0.2, 0.25) is 0 Å². The van der Waals surface area contributed by atoms with Crippen molar-refractivity contribution in [1.82, 2.24) is 5.32 Å². The zero-order valence-electron chi connectivity index (χ0n) is 12.3. The number of fused-ring (bicyclic) bond motifs is 1. The van der Waals surface area contributed by atoms with Crippen LogP contribution in [0.25, 0.3) is 11.0 Å². The van der Waals surface area contributed by atoms with Crippen molar-refractivity contribution in [3.63, 3.8) is 0 Å². The average molecular weight is 273 g/mol. The van der Waals surface area contributed by atoms with E-state index in [0.29, 0.717) is 6.04 Å². The third kappa shape index (κ3) is 2.98. The maximum absolute atomic E-state index is 5.92. The highest BCUT2D eigenvalue weighted by atomic mass is 16.5. The number of nitrogens with one attached hydrogen (secondary N) is 1. The van der Waals surface area contributed by atoms with Crippen LogP contribution in [0.3, 0.4) is 0 Å². The maximum Gasteiger partial charge on any atom is 0.176 e. The van der Waals surface area contributed by atoms with Crippen molar-refractivity contribution >= 4 is 11.0 Å². The van der Waals surface area contributed by atoms with Gasteiger partial charge in [-0.05, 0) is 30.9 Å². The summed E-state index contributed by atoms with van der Waals surface area (Å²) in [6.45, 7) is 3.05. The molecule has 1 aliphatic rings. The molecule has 3 rings (SSSR count). The van der Waals surface area contributed by atoms with Gasteiger partial charge in [0.15, 0.2) is 11.3 Å². The van der Waals surface area contributed by atoms with Crippen molar-refractivity contribution in [3.8, 4) is 5.75 Å². The maximum atomic E-state index is 5.92. The van der Waals surface area contributed by atoms with Gasteiger partial charge in [-0.15, -0.1) is 0 Å². The van der Waals surface area contributed by atoms with E-state index in [1.165, 1.54) is 25.7 Å². The molecule has 1 aromatic heterocycles. The van der Waals surface area contributed by atoms with E-state index in [2.05, 4.69) is 24.4 Å². The van der Waals surface area contributed by atoms with Crippen LogP contribution >= 0.6 is 0 Å². The van der Waals surface area contributed by atoms with Crippen molar-refractivity contribution in [2.75, 3.05) is 7.11 Å². The van der Waals surface area contributed by atoms with E-state index < -0.39 is 0 Å². The van der Waals surface area contributed by atoms with Gasteiger partial charge >= 0.3 is 0 Å². The Kier molecular flexibility index (Phi) is 3.97. The molecule has 0 spiro atoms. The van der Waals surface area contributed by atoms with E-state index in [0.717, 1.165) is 34.9 Å². The highest BCUT2D eigenvalue weighted by Crippen LogP contribution is 2.34. The number of methoxy groups -OCH3 is 1. The molecular weight excluding hydrogens is 250 g/mol. The first-order valence-electron chi connectivity index (χ1n) is 7.59. The number of hydrogen-bond acceptors (Lipinski definition) is 3. The van der Waals surface area contributed by atoms with Gasteiger partial charge in [0.25, 0.3) is 0 Å². The highest BCUT2D eigenvalue weighted by molar-refractivity contribution is 5.83. The van der Waals surface area contributed by atoms with Gasteiger partial charge in [-0.1, -0.05) is 31.9 Å². The molecule has 1 fully saturated rings. The lowest BCUT2D eigenvalue weighted by Gasteiger charge is -2.15. The van der Waals surface area contributed by atoms with Crippen molar-refractivity contribution in [2.45, 2.75) is 45.2 Å². The predicted molar refractivity (Wildman–Crippen MR) is 81.0 cm³/mol. The van der Waals surface area contributed by atoms with Gasteiger partial charge < -0.3 is 14.5 Å². The summed E-state index contributed by atoms with van der Waals surface area (Å²) in [6.07, 6.45) is 5.32. The van der Waals surface area contributed by atoms with Crippen molar-refractivity contribution in [2.24, 2.45) is 5.92 Å². The van der Waals surface area contributed by atoms with Crippen LogP contribution in [0.1, 0.15) is 38.4 Å². The summed E-state index contributed by atoms with van der Waals surface area (Å²) >= 11 is 0. The van der Waals surface area contributed by atoms with Crippen molar-refractivity contribution < 1.29 is 9.15 Å². The zero-order valence-corrected chi connectivity index (χ0v) is 12.3. The molecule has 20 heavy (non-hydrogen) atoms. The van der Waals surface area contributed by atoms with Crippen LogP contribution in [-0.2, 0) is 6.54 Å². The first-order chi connectivity index (χ1) is 9.80. The molecule has 1 N–H and O–H groups in total. The number of hydrogen-bond donors (Lipinski definition) is 1. The first-order valence-corrected chi connectivity index (χ1v) is 7.59. The molecule has 1 unspecified atom stereocenters. The van der Waals surface area contributed by atoms with E-state index in [4.69, 9.17) is 9.15 Å². The Labute approximate surface area is 120 Å². The number of rotatable bonds is 7. The second-order valence-electron chi connectivity index (χ2n) is 5.76. The second-order valence-corrected chi connectivity index (χ2v) is 5.76. The fraction of sp³-hybridized carbons (Fsp3) is 0.529. The van der Waals surface area contributed by atoms with Gasteiger partial charge in [-0.2, -0.15) is 0 Å². The number of para-hydroxylation sites is 1. The Morgan fingerprint density at radius 1 is 1.40 bits per heavy atom. The van der Waals surface area contributed by atoms with E-state index in [1.54, 1.807) is 7.11 Å². The molecule has 3 heteroatoms. The van der Waals surface area contributed by atoms with E-state index in [1.807, 2.05) is 12.1 Å². The second kappa shape index (κ2) is 5.88. The molecule has 1 atom stereocenters. The van der Waals surface area contributed by atoms with Crippen LogP contribution in [0.15, 0.2) is 28.7 Å². The molecule has 3 nitrogen and oxygen atoms in total. The minimum atomic E-state index is 0.609. The molecule has 1 aromatic carbocycles. The molecule has 1 saturated carbocycles. The molecule has 1 aliphatic carbocycles. The van der Waals surface area contributed by atoms with Crippen LogP contribution in [-0.4, -0.2) is 13.2 Å². The van der Waals surface area contributed by atoms with E-state index in [9.17, 15) is 0 Å². The Hall–Kier alpha value is -1.48. The highest BCUT2D eigenvalue weighted by Gasteiger charge is 2.24. The van der Waals surface area contributed by atoms with E-state index >= 15 is 0 Å². The minimum absolute atomic E-state index is 0.609. The smallest absolute Gasteiger partial charge is 0.176 e. The van der Waals surface area contributed by atoms with Crippen LogP contribution in [0.2, 0.25) is 0 Å². The van der Waals surface area contributed by atoms with Gasteiger partial charge in [0, 0.05) is 11.4 Å². The molecule has 0 amide bonds. The van der Waals surface area contributed by atoms with Crippen LogP contribution < -0.4 is 10.1 Å². The summed E-state index contributed by atoms with van der Waals surface area (Å²) in [6, 6.07) is 8.71. The molecule has 108 valence electrons. The topological polar surface area (TPSA) is 34.4 Å². The molecule has 0 radical (unpaired) electrons. The first kappa shape index (κ1) is 13.5. The normalized spacial score (nSPS) is 16.5. The predicted octanol–water partition coefficient (Wildman–Crippen LogP) is 4.11. The van der Waals surface area contributed by atoms with E-state index in [-0.39, 0.29) is 0 Å². The third-order valence-electron chi connectivity index (χ3n) is 4.15. The SMILES string of the molecule is CCC(CC1CC1)NCc1cc2cccc(OC)c2o1. The summed E-state index contributed by atoms with van der Waals surface area (Å²) in [5.74, 6) is 2.75. The minimum Gasteiger partial charge on any atom is -0.493 e. The Morgan fingerprint density at radius 2 is 2.25 bits per heavy atom. The molecular formula is C17H23NO2. The number of furan rings is 1. The fourth-order valence-electron chi connectivity index (χ4n) is 2.73. The van der Waals surface area contributed by atoms with Gasteiger partial charge in [-0.25, -0.2) is 0 Å². The summed E-state index contributed by atoms with van der Waals surface area (Å²) in [7, 11) is 1.68. The lowest BCUT2D eigenvalue weighted by atomic mass is 10.1. The summed E-state index contributed by atoms with van der Waals surface area (Å²) in [4.78, 5) is 0.